The Morgan fingerprint density at radius 2 is 1.71 bits per heavy atom. The standard InChI is InChI=1S/C20H22N4O4/c1-26-16-9-14(10-17(27-2)19(16)28-3)20(25)24-22-12-18-21-11-15(23-18)13-7-5-4-6-8-13/h4-11,22H,12H2,1-3H3,(H,21,23)(H,24,25). The summed E-state index contributed by atoms with van der Waals surface area (Å²) in [6, 6.07) is 13.0. The van der Waals surface area contributed by atoms with Gasteiger partial charge in [0.1, 0.15) is 5.82 Å². The zero-order chi connectivity index (χ0) is 19.9. The van der Waals surface area contributed by atoms with Gasteiger partial charge in [0.15, 0.2) is 11.5 Å². The van der Waals surface area contributed by atoms with Gasteiger partial charge in [0.25, 0.3) is 5.91 Å². The number of carbonyl (C=O) groups excluding carboxylic acids is 1. The van der Waals surface area contributed by atoms with Crippen LogP contribution in [0.1, 0.15) is 16.2 Å². The van der Waals surface area contributed by atoms with Gasteiger partial charge in [-0.2, -0.15) is 0 Å². The lowest BCUT2D eigenvalue weighted by atomic mass is 10.1. The fourth-order valence-electron chi connectivity index (χ4n) is 2.71. The minimum Gasteiger partial charge on any atom is -0.493 e. The number of hydrazine groups is 1. The minimum atomic E-state index is -0.339. The van der Waals surface area contributed by atoms with E-state index in [1.54, 1.807) is 18.3 Å². The van der Waals surface area contributed by atoms with Crippen LogP contribution >= 0.6 is 0 Å². The van der Waals surface area contributed by atoms with Crippen LogP contribution < -0.4 is 25.1 Å². The Morgan fingerprint density at radius 1 is 1.04 bits per heavy atom. The van der Waals surface area contributed by atoms with Crippen LogP contribution in [-0.4, -0.2) is 37.2 Å². The van der Waals surface area contributed by atoms with Crippen molar-refractivity contribution in [2.75, 3.05) is 21.3 Å². The van der Waals surface area contributed by atoms with E-state index in [4.69, 9.17) is 14.2 Å². The zero-order valence-corrected chi connectivity index (χ0v) is 15.9. The fourth-order valence-corrected chi connectivity index (χ4v) is 2.71. The van der Waals surface area contributed by atoms with Gasteiger partial charge in [0.05, 0.1) is 39.8 Å². The highest BCUT2D eigenvalue weighted by Gasteiger charge is 2.17. The molecule has 0 radical (unpaired) electrons. The Labute approximate surface area is 162 Å². The summed E-state index contributed by atoms with van der Waals surface area (Å²) in [7, 11) is 4.51. The van der Waals surface area contributed by atoms with Gasteiger partial charge in [-0.1, -0.05) is 30.3 Å². The van der Waals surface area contributed by atoms with E-state index < -0.39 is 0 Å². The number of aromatic amines is 1. The largest absolute Gasteiger partial charge is 0.493 e. The summed E-state index contributed by atoms with van der Waals surface area (Å²) in [5.74, 6) is 1.60. The number of aromatic nitrogens is 2. The number of nitrogens with one attached hydrogen (secondary N) is 3. The van der Waals surface area contributed by atoms with Crippen LogP contribution in [0.3, 0.4) is 0 Å². The second kappa shape index (κ2) is 8.92. The maximum Gasteiger partial charge on any atom is 0.265 e. The molecule has 0 aliphatic rings. The first kappa shape index (κ1) is 19.2. The summed E-state index contributed by atoms with van der Waals surface area (Å²) in [6.45, 7) is 0.336. The minimum absolute atomic E-state index is 0.336. The number of nitrogens with zero attached hydrogens (tertiary/aromatic N) is 1. The highest BCUT2D eigenvalue weighted by atomic mass is 16.5. The monoisotopic (exact) mass is 382 g/mol. The van der Waals surface area contributed by atoms with Gasteiger partial charge in [-0.05, 0) is 17.7 Å². The van der Waals surface area contributed by atoms with Gasteiger partial charge in [-0.3, -0.25) is 10.2 Å². The molecule has 146 valence electrons. The van der Waals surface area contributed by atoms with Crippen LogP contribution in [0.4, 0.5) is 0 Å². The third-order valence-corrected chi connectivity index (χ3v) is 4.10. The average molecular weight is 382 g/mol. The molecule has 0 aliphatic carbocycles. The first-order valence-corrected chi connectivity index (χ1v) is 8.58. The molecule has 0 saturated heterocycles. The van der Waals surface area contributed by atoms with Crippen molar-refractivity contribution in [2.45, 2.75) is 6.54 Å². The smallest absolute Gasteiger partial charge is 0.265 e. The lowest BCUT2D eigenvalue weighted by molar-refractivity contribution is 0.0931. The highest BCUT2D eigenvalue weighted by molar-refractivity contribution is 5.95. The molecule has 0 bridgehead atoms. The molecular formula is C20H22N4O4. The molecular weight excluding hydrogens is 360 g/mol. The van der Waals surface area contributed by atoms with Crippen LogP contribution in [0.15, 0.2) is 48.7 Å². The van der Waals surface area contributed by atoms with Crippen molar-refractivity contribution in [3.8, 4) is 28.5 Å². The van der Waals surface area contributed by atoms with Gasteiger partial charge in [0.2, 0.25) is 5.75 Å². The normalized spacial score (nSPS) is 10.4. The summed E-state index contributed by atoms with van der Waals surface area (Å²) >= 11 is 0. The van der Waals surface area contributed by atoms with E-state index in [1.807, 2.05) is 30.3 Å². The van der Waals surface area contributed by atoms with E-state index in [2.05, 4.69) is 20.8 Å². The molecule has 0 saturated carbocycles. The quantitative estimate of drug-likeness (QED) is 0.518. The van der Waals surface area contributed by atoms with Gasteiger partial charge >= 0.3 is 0 Å². The van der Waals surface area contributed by atoms with Crippen molar-refractivity contribution in [1.82, 2.24) is 20.8 Å². The maximum atomic E-state index is 12.4. The Bertz CT molecular complexity index is 915. The van der Waals surface area contributed by atoms with Crippen LogP contribution in [0, 0.1) is 0 Å². The number of benzene rings is 2. The summed E-state index contributed by atoms with van der Waals surface area (Å²) in [5.41, 5.74) is 7.82. The van der Waals surface area contributed by atoms with Gasteiger partial charge < -0.3 is 19.2 Å². The third-order valence-electron chi connectivity index (χ3n) is 4.10. The predicted molar refractivity (Wildman–Crippen MR) is 104 cm³/mol. The first-order valence-electron chi connectivity index (χ1n) is 8.58. The van der Waals surface area contributed by atoms with E-state index >= 15 is 0 Å². The Hall–Kier alpha value is -3.52. The molecule has 8 nitrogen and oxygen atoms in total. The molecule has 0 aliphatic heterocycles. The molecule has 3 aromatic rings. The van der Waals surface area contributed by atoms with Crippen molar-refractivity contribution in [3.63, 3.8) is 0 Å². The van der Waals surface area contributed by atoms with E-state index in [1.165, 1.54) is 21.3 Å². The van der Waals surface area contributed by atoms with E-state index in [-0.39, 0.29) is 5.91 Å². The molecule has 3 N–H and O–H groups in total. The summed E-state index contributed by atoms with van der Waals surface area (Å²) in [6.07, 6.45) is 1.76. The van der Waals surface area contributed by atoms with E-state index in [0.29, 0.717) is 35.2 Å². The summed E-state index contributed by atoms with van der Waals surface area (Å²) in [5, 5.41) is 0. The molecule has 1 amide bonds. The maximum absolute atomic E-state index is 12.4. The summed E-state index contributed by atoms with van der Waals surface area (Å²) < 4.78 is 15.8. The van der Waals surface area contributed by atoms with Crippen molar-refractivity contribution >= 4 is 5.91 Å². The number of rotatable bonds is 8. The van der Waals surface area contributed by atoms with Gasteiger partial charge in [-0.25, -0.2) is 10.4 Å². The van der Waals surface area contributed by atoms with Crippen LogP contribution in [0.2, 0.25) is 0 Å². The average Bonchev–Trinajstić information content (AvgIpc) is 3.22. The molecule has 0 atom stereocenters. The number of hydrogen-bond acceptors (Lipinski definition) is 6. The number of ether oxygens (including phenoxy) is 3. The first-order chi connectivity index (χ1) is 13.7. The molecule has 2 aromatic carbocycles. The molecule has 0 fully saturated rings. The fraction of sp³-hybridized carbons (Fsp3) is 0.200. The van der Waals surface area contributed by atoms with Gasteiger partial charge in [-0.15, -0.1) is 0 Å². The topological polar surface area (TPSA) is 97.5 Å². The zero-order valence-electron chi connectivity index (χ0n) is 15.9. The highest BCUT2D eigenvalue weighted by Crippen LogP contribution is 2.38. The lowest BCUT2D eigenvalue weighted by Gasteiger charge is -2.14. The Balaban J connectivity index is 1.63. The van der Waals surface area contributed by atoms with Crippen molar-refractivity contribution < 1.29 is 19.0 Å². The molecule has 0 unspecified atom stereocenters. The molecule has 8 heteroatoms. The van der Waals surface area contributed by atoms with Crippen molar-refractivity contribution in [1.29, 1.82) is 0 Å². The van der Waals surface area contributed by atoms with Crippen LogP contribution in [-0.2, 0) is 6.54 Å². The SMILES string of the molecule is COc1cc(C(=O)NNCc2ncc(-c3ccccc3)[nH]2)cc(OC)c1OC. The Morgan fingerprint density at radius 3 is 2.32 bits per heavy atom. The molecule has 3 rings (SSSR count). The second-order valence-electron chi connectivity index (χ2n) is 5.83. The molecule has 1 heterocycles. The number of imidazole rings is 1. The van der Waals surface area contributed by atoms with Crippen LogP contribution in [0.5, 0.6) is 17.2 Å². The van der Waals surface area contributed by atoms with E-state index in [9.17, 15) is 4.79 Å². The number of H-pyrrole nitrogens is 1. The molecule has 1 aromatic heterocycles. The second-order valence-corrected chi connectivity index (χ2v) is 5.83. The molecule has 0 spiro atoms. The number of carbonyl (C=O) groups is 1. The van der Waals surface area contributed by atoms with E-state index in [0.717, 1.165) is 11.3 Å². The van der Waals surface area contributed by atoms with Gasteiger partial charge in [0, 0.05) is 5.56 Å². The number of hydrogen-bond donors (Lipinski definition) is 3. The Kier molecular flexibility index (Phi) is 6.13. The number of methoxy groups -OCH3 is 3. The molecule has 28 heavy (non-hydrogen) atoms. The van der Waals surface area contributed by atoms with Crippen molar-refractivity contribution in [2.24, 2.45) is 0 Å². The summed E-state index contributed by atoms with van der Waals surface area (Å²) in [4.78, 5) is 20.0. The predicted octanol–water partition coefficient (Wildman–Crippen LogP) is 2.54. The number of amides is 1. The van der Waals surface area contributed by atoms with Crippen molar-refractivity contribution in [3.05, 3.63) is 60.0 Å². The lowest BCUT2D eigenvalue weighted by Crippen LogP contribution is -2.37. The third kappa shape index (κ3) is 4.24. The van der Waals surface area contributed by atoms with Crippen LogP contribution in [0.25, 0.3) is 11.3 Å².